The average Bonchev–Trinajstić information content (AvgIpc) is 3.34. The molecule has 5 heteroatoms. The summed E-state index contributed by atoms with van der Waals surface area (Å²) in [4.78, 5) is 11.9. The SMILES string of the molecule is COc1ccc2nc(Oc3ccc(-c4ccccc4)cc3)c(N3CCCC3)nc2c1. The van der Waals surface area contributed by atoms with Gasteiger partial charge in [-0.3, -0.25) is 0 Å². The van der Waals surface area contributed by atoms with Crippen LogP contribution in [-0.2, 0) is 0 Å². The first kappa shape index (κ1) is 18.4. The van der Waals surface area contributed by atoms with E-state index < -0.39 is 0 Å². The number of rotatable bonds is 5. The molecule has 30 heavy (non-hydrogen) atoms. The van der Waals surface area contributed by atoms with Gasteiger partial charge in [-0.2, -0.15) is 0 Å². The fourth-order valence-electron chi connectivity index (χ4n) is 3.80. The molecule has 4 aromatic rings. The van der Waals surface area contributed by atoms with Crippen molar-refractivity contribution in [3.63, 3.8) is 0 Å². The molecule has 1 saturated heterocycles. The summed E-state index contributed by atoms with van der Waals surface area (Å²) in [5.74, 6) is 2.86. The van der Waals surface area contributed by atoms with Gasteiger partial charge in [-0.25, -0.2) is 9.97 Å². The maximum absolute atomic E-state index is 6.23. The molecule has 1 aliphatic rings. The van der Waals surface area contributed by atoms with Crippen molar-refractivity contribution >= 4 is 16.9 Å². The summed E-state index contributed by atoms with van der Waals surface area (Å²) in [5.41, 5.74) is 3.93. The minimum Gasteiger partial charge on any atom is -0.497 e. The predicted octanol–water partition coefficient (Wildman–Crippen LogP) is 5.70. The van der Waals surface area contributed by atoms with Crippen molar-refractivity contribution in [2.45, 2.75) is 12.8 Å². The molecule has 1 aromatic heterocycles. The second kappa shape index (κ2) is 8.03. The molecule has 5 nitrogen and oxygen atoms in total. The Kier molecular flexibility index (Phi) is 4.93. The van der Waals surface area contributed by atoms with Gasteiger partial charge in [0.15, 0.2) is 5.82 Å². The van der Waals surface area contributed by atoms with Gasteiger partial charge in [0.05, 0.1) is 18.1 Å². The van der Waals surface area contributed by atoms with Gasteiger partial charge in [0, 0.05) is 19.2 Å². The van der Waals surface area contributed by atoms with Crippen LogP contribution in [0.4, 0.5) is 5.82 Å². The van der Waals surface area contributed by atoms with Gasteiger partial charge in [-0.05, 0) is 48.2 Å². The average molecular weight is 397 g/mol. The summed E-state index contributed by atoms with van der Waals surface area (Å²) < 4.78 is 11.6. The van der Waals surface area contributed by atoms with E-state index in [1.165, 1.54) is 5.56 Å². The molecule has 0 amide bonds. The van der Waals surface area contributed by atoms with E-state index in [-0.39, 0.29) is 0 Å². The molecule has 0 radical (unpaired) electrons. The van der Waals surface area contributed by atoms with Crippen molar-refractivity contribution in [3.8, 4) is 28.5 Å². The first-order valence-corrected chi connectivity index (χ1v) is 10.2. The lowest BCUT2D eigenvalue weighted by molar-refractivity contribution is 0.415. The molecule has 0 saturated carbocycles. The van der Waals surface area contributed by atoms with Crippen LogP contribution < -0.4 is 14.4 Å². The number of fused-ring (bicyclic) bond motifs is 1. The van der Waals surface area contributed by atoms with Gasteiger partial charge < -0.3 is 14.4 Å². The Morgan fingerprint density at radius 1 is 0.733 bits per heavy atom. The van der Waals surface area contributed by atoms with Crippen LogP contribution in [0.15, 0.2) is 72.8 Å². The molecule has 1 aliphatic heterocycles. The molecule has 150 valence electrons. The van der Waals surface area contributed by atoms with Crippen LogP contribution in [0, 0.1) is 0 Å². The minimum absolute atomic E-state index is 0.544. The predicted molar refractivity (Wildman–Crippen MR) is 119 cm³/mol. The molecule has 0 bridgehead atoms. The largest absolute Gasteiger partial charge is 0.497 e. The number of methoxy groups -OCH3 is 1. The van der Waals surface area contributed by atoms with Crippen LogP contribution in [0.3, 0.4) is 0 Å². The zero-order chi connectivity index (χ0) is 20.3. The molecular formula is C25H23N3O2. The highest BCUT2D eigenvalue weighted by Crippen LogP contribution is 2.34. The minimum atomic E-state index is 0.544. The lowest BCUT2D eigenvalue weighted by Gasteiger charge is -2.20. The topological polar surface area (TPSA) is 47.5 Å². The fraction of sp³-hybridized carbons (Fsp3) is 0.200. The number of anilines is 1. The van der Waals surface area contributed by atoms with E-state index in [0.29, 0.717) is 5.88 Å². The lowest BCUT2D eigenvalue weighted by Crippen LogP contribution is -2.20. The van der Waals surface area contributed by atoms with Gasteiger partial charge in [0.25, 0.3) is 5.88 Å². The molecule has 0 spiro atoms. The molecule has 0 unspecified atom stereocenters. The maximum Gasteiger partial charge on any atom is 0.263 e. The zero-order valence-corrected chi connectivity index (χ0v) is 16.9. The maximum atomic E-state index is 6.23. The molecule has 5 rings (SSSR count). The quantitative estimate of drug-likeness (QED) is 0.432. The number of benzene rings is 3. The third-order valence-corrected chi connectivity index (χ3v) is 5.40. The molecule has 1 fully saturated rings. The van der Waals surface area contributed by atoms with Crippen molar-refractivity contribution in [1.82, 2.24) is 9.97 Å². The molecule has 2 heterocycles. The second-order valence-electron chi connectivity index (χ2n) is 7.39. The van der Waals surface area contributed by atoms with Crippen LogP contribution in [0.25, 0.3) is 22.2 Å². The first-order chi connectivity index (χ1) is 14.8. The Morgan fingerprint density at radius 3 is 2.17 bits per heavy atom. The highest BCUT2D eigenvalue weighted by Gasteiger charge is 2.21. The van der Waals surface area contributed by atoms with Gasteiger partial charge in [-0.15, -0.1) is 0 Å². The van der Waals surface area contributed by atoms with E-state index in [9.17, 15) is 0 Å². The molecule has 0 atom stereocenters. The standard InChI is InChI=1S/C25H23N3O2/c1-29-21-13-14-22-23(17-21)26-24(28-15-5-6-16-28)25(27-22)30-20-11-9-19(10-12-20)18-7-3-2-4-8-18/h2-4,7-14,17H,5-6,15-16H2,1H3. The summed E-state index contributed by atoms with van der Waals surface area (Å²) in [5, 5.41) is 0. The van der Waals surface area contributed by atoms with Crippen molar-refractivity contribution in [2.24, 2.45) is 0 Å². The number of nitrogens with zero attached hydrogens (tertiary/aromatic N) is 3. The van der Waals surface area contributed by atoms with Crippen LogP contribution in [0.5, 0.6) is 17.4 Å². The zero-order valence-electron chi connectivity index (χ0n) is 16.9. The summed E-state index contributed by atoms with van der Waals surface area (Å²) in [7, 11) is 1.66. The fourth-order valence-corrected chi connectivity index (χ4v) is 3.80. The Bertz CT molecular complexity index is 1150. The monoisotopic (exact) mass is 397 g/mol. The van der Waals surface area contributed by atoms with E-state index in [1.807, 2.05) is 48.5 Å². The molecular weight excluding hydrogens is 374 g/mol. The normalized spacial score (nSPS) is 13.6. The number of ether oxygens (including phenoxy) is 2. The van der Waals surface area contributed by atoms with E-state index in [2.05, 4.69) is 29.2 Å². The van der Waals surface area contributed by atoms with Gasteiger partial charge in [-0.1, -0.05) is 42.5 Å². The van der Waals surface area contributed by atoms with Crippen molar-refractivity contribution in [3.05, 3.63) is 72.8 Å². The van der Waals surface area contributed by atoms with E-state index in [0.717, 1.165) is 59.8 Å². The number of hydrogen-bond acceptors (Lipinski definition) is 5. The Labute approximate surface area is 175 Å². The van der Waals surface area contributed by atoms with Crippen LogP contribution in [-0.4, -0.2) is 30.2 Å². The van der Waals surface area contributed by atoms with Crippen LogP contribution in [0.1, 0.15) is 12.8 Å². The first-order valence-electron chi connectivity index (χ1n) is 10.2. The number of hydrogen-bond donors (Lipinski definition) is 0. The summed E-state index contributed by atoms with van der Waals surface area (Å²) in [6, 6.07) is 24.1. The van der Waals surface area contributed by atoms with Crippen LogP contribution >= 0.6 is 0 Å². The highest BCUT2D eigenvalue weighted by atomic mass is 16.5. The van der Waals surface area contributed by atoms with Crippen molar-refractivity contribution in [2.75, 3.05) is 25.1 Å². The van der Waals surface area contributed by atoms with E-state index >= 15 is 0 Å². The Hall–Kier alpha value is -3.60. The van der Waals surface area contributed by atoms with E-state index in [4.69, 9.17) is 19.4 Å². The summed E-state index contributed by atoms with van der Waals surface area (Å²) >= 11 is 0. The Balaban J connectivity index is 1.50. The van der Waals surface area contributed by atoms with E-state index in [1.54, 1.807) is 7.11 Å². The summed E-state index contributed by atoms with van der Waals surface area (Å²) in [6.07, 6.45) is 2.31. The van der Waals surface area contributed by atoms with Gasteiger partial charge in [0.1, 0.15) is 11.5 Å². The number of aromatic nitrogens is 2. The molecule has 0 aliphatic carbocycles. The van der Waals surface area contributed by atoms with Crippen molar-refractivity contribution < 1.29 is 9.47 Å². The van der Waals surface area contributed by atoms with Gasteiger partial charge >= 0.3 is 0 Å². The lowest BCUT2D eigenvalue weighted by atomic mass is 10.1. The second-order valence-corrected chi connectivity index (χ2v) is 7.39. The summed E-state index contributed by atoms with van der Waals surface area (Å²) in [6.45, 7) is 1.93. The highest BCUT2D eigenvalue weighted by molar-refractivity contribution is 5.79. The van der Waals surface area contributed by atoms with Crippen LogP contribution in [0.2, 0.25) is 0 Å². The smallest absolute Gasteiger partial charge is 0.263 e. The third kappa shape index (κ3) is 3.66. The third-order valence-electron chi connectivity index (χ3n) is 5.40. The Morgan fingerprint density at radius 2 is 1.43 bits per heavy atom. The molecule has 0 N–H and O–H groups in total. The van der Waals surface area contributed by atoms with Gasteiger partial charge in [0.2, 0.25) is 0 Å². The van der Waals surface area contributed by atoms with Crippen molar-refractivity contribution in [1.29, 1.82) is 0 Å². The molecule has 3 aromatic carbocycles.